The molecule has 23 heavy (non-hydrogen) atoms. The molecule has 0 aliphatic carbocycles. The van der Waals surface area contributed by atoms with Crippen LogP contribution in [0, 0.1) is 0 Å². The number of hydrogen-bond donors (Lipinski definition) is 0. The number of rotatable bonds is 1. The van der Waals surface area contributed by atoms with E-state index in [1.54, 1.807) is 11.8 Å². The molecule has 4 heteroatoms. The van der Waals surface area contributed by atoms with Gasteiger partial charge >= 0.3 is 0 Å². The Morgan fingerprint density at radius 2 is 1.74 bits per heavy atom. The lowest BCUT2D eigenvalue weighted by Crippen LogP contribution is -2.03. The topological polar surface area (TPSA) is 17.8 Å². The molecule has 2 nitrogen and oxygen atoms in total. The highest BCUT2D eigenvalue weighted by Crippen LogP contribution is 2.45. The van der Waals surface area contributed by atoms with E-state index in [1.165, 1.54) is 21.0 Å². The third-order valence-electron chi connectivity index (χ3n) is 4.05. The van der Waals surface area contributed by atoms with Crippen molar-refractivity contribution in [2.45, 2.75) is 9.79 Å². The van der Waals surface area contributed by atoms with E-state index in [0.717, 1.165) is 21.4 Å². The molecule has 0 saturated heterocycles. The third-order valence-corrected chi connectivity index (χ3v) is 5.64. The SMILES string of the molecule is Brc1ccc2c(c1)Sc1cccc3nc(-c4ccccc4)n-2c13. The fourth-order valence-electron chi connectivity index (χ4n) is 3.07. The minimum absolute atomic E-state index is 0.997. The highest BCUT2D eigenvalue weighted by molar-refractivity contribution is 9.10. The number of para-hydroxylation sites is 1. The van der Waals surface area contributed by atoms with Crippen LogP contribution in [0.1, 0.15) is 0 Å². The molecule has 0 atom stereocenters. The van der Waals surface area contributed by atoms with E-state index in [-0.39, 0.29) is 0 Å². The molecule has 5 rings (SSSR count). The first-order valence-corrected chi connectivity index (χ1v) is 8.97. The lowest BCUT2D eigenvalue weighted by atomic mass is 10.2. The van der Waals surface area contributed by atoms with Gasteiger partial charge in [0, 0.05) is 19.8 Å². The Bertz CT molecular complexity index is 1050. The minimum atomic E-state index is 0.997. The summed E-state index contributed by atoms with van der Waals surface area (Å²) in [7, 11) is 0. The van der Waals surface area contributed by atoms with E-state index >= 15 is 0 Å². The third kappa shape index (κ3) is 1.98. The van der Waals surface area contributed by atoms with Gasteiger partial charge in [-0.15, -0.1) is 0 Å². The van der Waals surface area contributed by atoms with Crippen LogP contribution in [-0.4, -0.2) is 9.55 Å². The molecular weight excluding hydrogens is 368 g/mol. The van der Waals surface area contributed by atoms with Crippen molar-refractivity contribution < 1.29 is 0 Å². The molecular formula is C19H11BrN2S. The van der Waals surface area contributed by atoms with Gasteiger partial charge in [0.15, 0.2) is 0 Å². The number of aromatic nitrogens is 2. The molecule has 1 aliphatic heterocycles. The number of imidazole rings is 1. The largest absolute Gasteiger partial charge is 0.290 e. The van der Waals surface area contributed by atoms with Crippen LogP contribution in [0.25, 0.3) is 28.1 Å². The fourth-order valence-corrected chi connectivity index (χ4v) is 4.70. The van der Waals surface area contributed by atoms with Crippen molar-refractivity contribution in [3.63, 3.8) is 0 Å². The summed E-state index contributed by atoms with van der Waals surface area (Å²) in [4.78, 5) is 7.41. The maximum Gasteiger partial charge on any atom is 0.145 e. The zero-order valence-corrected chi connectivity index (χ0v) is 14.4. The Morgan fingerprint density at radius 3 is 2.61 bits per heavy atom. The molecule has 4 aromatic rings. The lowest BCUT2D eigenvalue weighted by molar-refractivity contribution is 1.04. The summed E-state index contributed by atoms with van der Waals surface area (Å²) in [6, 6.07) is 23.2. The van der Waals surface area contributed by atoms with E-state index in [9.17, 15) is 0 Å². The van der Waals surface area contributed by atoms with Crippen molar-refractivity contribution >= 4 is 38.7 Å². The van der Waals surface area contributed by atoms with Crippen LogP contribution in [0.15, 0.2) is 81.0 Å². The smallest absolute Gasteiger partial charge is 0.145 e. The predicted octanol–water partition coefficient (Wildman–Crippen LogP) is 5.92. The minimum Gasteiger partial charge on any atom is -0.290 e. The first-order valence-electron chi connectivity index (χ1n) is 7.36. The van der Waals surface area contributed by atoms with Gasteiger partial charge in [-0.1, -0.05) is 64.1 Å². The van der Waals surface area contributed by atoms with Gasteiger partial charge in [0.05, 0.1) is 16.7 Å². The zero-order valence-electron chi connectivity index (χ0n) is 12.0. The van der Waals surface area contributed by atoms with Gasteiger partial charge < -0.3 is 0 Å². The predicted molar refractivity (Wildman–Crippen MR) is 98.3 cm³/mol. The van der Waals surface area contributed by atoms with Crippen LogP contribution in [0.3, 0.4) is 0 Å². The molecule has 0 amide bonds. The van der Waals surface area contributed by atoms with E-state index in [1.807, 2.05) is 6.07 Å². The van der Waals surface area contributed by atoms with Crippen molar-refractivity contribution in [1.29, 1.82) is 0 Å². The number of benzene rings is 3. The highest BCUT2D eigenvalue weighted by Gasteiger charge is 2.23. The van der Waals surface area contributed by atoms with E-state index in [2.05, 4.69) is 81.2 Å². The molecule has 1 aliphatic rings. The Hall–Kier alpha value is -2.04. The van der Waals surface area contributed by atoms with Crippen molar-refractivity contribution in [2.24, 2.45) is 0 Å². The van der Waals surface area contributed by atoms with Crippen LogP contribution < -0.4 is 0 Å². The van der Waals surface area contributed by atoms with Gasteiger partial charge in [-0.25, -0.2) is 4.98 Å². The summed E-state index contributed by atoms with van der Waals surface area (Å²) in [5, 5.41) is 0. The van der Waals surface area contributed by atoms with Crippen molar-refractivity contribution in [2.75, 3.05) is 0 Å². The second-order valence-electron chi connectivity index (χ2n) is 5.47. The number of halogens is 1. The standard InChI is InChI=1S/C19H11BrN2S/c20-13-9-10-15-17(11-13)23-16-8-4-7-14-18(16)22(15)19(21-14)12-5-2-1-3-6-12/h1-11H. The second kappa shape index (κ2) is 4.98. The van der Waals surface area contributed by atoms with Crippen LogP contribution in [0.5, 0.6) is 0 Å². The van der Waals surface area contributed by atoms with Gasteiger partial charge in [-0.05, 0) is 30.3 Å². The van der Waals surface area contributed by atoms with E-state index in [4.69, 9.17) is 4.98 Å². The van der Waals surface area contributed by atoms with Gasteiger partial charge in [0.1, 0.15) is 5.82 Å². The number of fused-ring (bicyclic) bond motifs is 2. The molecule has 0 saturated carbocycles. The molecule has 0 N–H and O–H groups in total. The Balaban J connectivity index is 1.92. The summed E-state index contributed by atoms with van der Waals surface area (Å²) in [6.45, 7) is 0. The van der Waals surface area contributed by atoms with Gasteiger partial charge in [0.2, 0.25) is 0 Å². The van der Waals surface area contributed by atoms with Crippen molar-refractivity contribution in [1.82, 2.24) is 9.55 Å². The Kier molecular flexibility index (Phi) is 2.90. The molecule has 2 heterocycles. The van der Waals surface area contributed by atoms with Crippen molar-refractivity contribution in [3.05, 3.63) is 71.2 Å². The molecule has 1 aromatic heterocycles. The lowest BCUT2D eigenvalue weighted by Gasteiger charge is -2.20. The summed E-state index contributed by atoms with van der Waals surface area (Å²) in [5.41, 5.74) is 4.57. The summed E-state index contributed by atoms with van der Waals surface area (Å²) >= 11 is 5.39. The van der Waals surface area contributed by atoms with Gasteiger partial charge in [-0.2, -0.15) is 0 Å². The number of nitrogens with zero attached hydrogens (tertiary/aromatic N) is 2. The molecule has 0 fully saturated rings. The van der Waals surface area contributed by atoms with Gasteiger partial charge in [0.25, 0.3) is 0 Å². The Morgan fingerprint density at radius 1 is 0.870 bits per heavy atom. The quantitative estimate of drug-likeness (QED) is 0.360. The first-order chi connectivity index (χ1) is 11.3. The average molecular weight is 379 g/mol. The summed E-state index contributed by atoms with van der Waals surface area (Å²) in [5.74, 6) is 0.997. The maximum atomic E-state index is 4.91. The Labute approximate surface area is 146 Å². The summed E-state index contributed by atoms with van der Waals surface area (Å²) < 4.78 is 3.39. The molecule has 0 spiro atoms. The van der Waals surface area contributed by atoms with Crippen LogP contribution >= 0.6 is 27.7 Å². The van der Waals surface area contributed by atoms with E-state index < -0.39 is 0 Å². The molecule has 0 bridgehead atoms. The van der Waals surface area contributed by atoms with Crippen LogP contribution in [-0.2, 0) is 0 Å². The molecule has 3 aromatic carbocycles. The molecule has 110 valence electrons. The first kappa shape index (κ1) is 13.4. The average Bonchev–Trinajstić information content (AvgIpc) is 2.97. The zero-order chi connectivity index (χ0) is 15.4. The molecule has 0 unspecified atom stereocenters. The second-order valence-corrected chi connectivity index (χ2v) is 7.47. The van der Waals surface area contributed by atoms with Crippen LogP contribution in [0.2, 0.25) is 0 Å². The van der Waals surface area contributed by atoms with Crippen LogP contribution in [0.4, 0.5) is 0 Å². The number of hydrogen-bond acceptors (Lipinski definition) is 2. The highest BCUT2D eigenvalue weighted by atomic mass is 79.9. The normalized spacial score (nSPS) is 12.4. The van der Waals surface area contributed by atoms with Crippen molar-refractivity contribution in [3.8, 4) is 17.1 Å². The van der Waals surface area contributed by atoms with Gasteiger partial charge in [-0.3, -0.25) is 4.57 Å². The fraction of sp³-hybridized carbons (Fsp3) is 0. The molecule has 0 radical (unpaired) electrons. The summed E-state index contributed by atoms with van der Waals surface area (Å²) in [6.07, 6.45) is 0. The van der Waals surface area contributed by atoms with E-state index in [0.29, 0.717) is 0 Å². The monoisotopic (exact) mass is 378 g/mol. The maximum absolute atomic E-state index is 4.91.